The van der Waals surface area contributed by atoms with E-state index in [2.05, 4.69) is 20.6 Å². The zero-order chi connectivity index (χ0) is 23.1. The van der Waals surface area contributed by atoms with Crippen molar-refractivity contribution in [3.05, 3.63) is 76.4 Å². The van der Waals surface area contributed by atoms with E-state index in [1.54, 1.807) is 7.11 Å². The predicted molar refractivity (Wildman–Crippen MR) is 120 cm³/mol. The highest BCUT2D eigenvalue weighted by molar-refractivity contribution is 6.29. The Morgan fingerprint density at radius 3 is 2.53 bits per heavy atom. The maximum Gasteiger partial charge on any atom is 0.223 e. The number of benzene rings is 2. The Hall–Kier alpha value is -3.01. The van der Waals surface area contributed by atoms with Crippen LogP contribution < -0.4 is 21.1 Å². The topological polar surface area (TPSA) is 105 Å². The molecule has 0 fully saturated rings. The van der Waals surface area contributed by atoms with Gasteiger partial charge in [-0.15, -0.1) is 0 Å². The van der Waals surface area contributed by atoms with E-state index in [4.69, 9.17) is 22.1 Å². The number of anilines is 2. The van der Waals surface area contributed by atoms with Crippen LogP contribution in [0.2, 0.25) is 5.15 Å². The minimum atomic E-state index is -0.943. The second-order valence-corrected chi connectivity index (χ2v) is 7.60. The molecule has 1 heterocycles. The molecule has 0 radical (unpaired) electrons. The van der Waals surface area contributed by atoms with Gasteiger partial charge in [0.05, 0.1) is 19.3 Å². The summed E-state index contributed by atoms with van der Waals surface area (Å²) in [5.74, 6) is -0.411. The Labute approximate surface area is 189 Å². The van der Waals surface area contributed by atoms with Crippen LogP contribution in [0.3, 0.4) is 0 Å². The maximum atomic E-state index is 13.7. The Morgan fingerprint density at radius 1 is 1.09 bits per heavy atom. The summed E-state index contributed by atoms with van der Waals surface area (Å²) in [6.07, 6.45) is -0.819. The van der Waals surface area contributed by atoms with E-state index in [9.17, 15) is 13.9 Å². The lowest BCUT2D eigenvalue weighted by Gasteiger charge is -2.25. The Balaban J connectivity index is 1.72. The highest BCUT2D eigenvalue weighted by Gasteiger charge is 2.21. The van der Waals surface area contributed by atoms with Gasteiger partial charge in [0, 0.05) is 25.2 Å². The molecule has 0 spiro atoms. The first-order valence-electron chi connectivity index (χ1n) is 9.85. The van der Waals surface area contributed by atoms with Gasteiger partial charge in [-0.3, -0.25) is 0 Å². The molecule has 2 unspecified atom stereocenters. The standard InChI is InChI=1S/C22H24ClF2N5O2/c1-32-17-4-2-3-13(7-17)11-27-12-19(31)18(8-14-5-15(24)9-16(25)6-14)28-21-10-20(23)29-22(26)30-21/h2-7,9-10,18-19,27,31H,8,11-12H2,1H3,(H3,26,28,29,30). The molecule has 10 heteroatoms. The van der Waals surface area contributed by atoms with E-state index < -0.39 is 23.8 Å². The lowest BCUT2D eigenvalue weighted by Crippen LogP contribution is -2.42. The number of nitrogens with one attached hydrogen (secondary N) is 2. The van der Waals surface area contributed by atoms with E-state index in [1.165, 1.54) is 18.2 Å². The number of halogens is 3. The van der Waals surface area contributed by atoms with Crippen molar-refractivity contribution in [2.45, 2.75) is 25.1 Å². The second-order valence-electron chi connectivity index (χ2n) is 7.22. The van der Waals surface area contributed by atoms with Gasteiger partial charge in [-0.25, -0.2) is 13.8 Å². The van der Waals surface area contributed by atoms with Crippen LogP contribution >= 0.6 is 11.6 Å². The predicted octanol–water partition coefficient (Wildman–Crippen LogP) is 3.17. The minimum absolute atomic E-state index is 0.0406. The summed E-state index contributed by atoms with van der Waals surface area (Å²) in [6.45, 7) is 0.683. The van der Waals surface area contributed by atoms with Gasteiger partial charge in [0.25, 0.3) is 0 Å². The molecule has 170 valence electrons. The normalized spacial score (nSPS) is 12.9. The van der Waals surface area contributed by atoms with Crippen molar-refractivity contribution < 1.29 is 18.6 Å². The van der Waals surface area contributed by atoms with E-state index in [1.807, 2.05) is 24.3 Å². The number of hydrogen-bond acceptors (Lipinski definition) is 7. The average molecular weight is 464 g/mol. The van der Waals surface area contributed by atoms with Gasteiger partial charge < -0.3 is 26.2 Å². The lowest BCUT2D eigenvalue weighted by molar-refractivity contribution is 0.148. The van der Waals surface area contributed by atoms with Gasteiger partial charge in [-0.05, 0) is 41.8 Å². The number of aliphatic hydroxyl groups is 1. The van der Waals surface area contributed by atoms with Gasteiger partial charge in [0.15, 0.2) is 0 Å². The van der Waals surface area contributed by atoms with Crippen LogP contribution in [0.5, 0.6) is 5.75 Å². The molecule has 0 aliphatic carbocycles. The molecule has 1 aromatic heterocycles. The lowest BCUT2D eigenvalue weighted by atomic mass is 10.0. The molecule has 3 aromatic rings. The molecule has 0 bridgehead atoms. The van der Waals surface area contributed by atoms with Crippen LogP contribution in [0, 0.1) is 11.6 Å². The summed E-state index contributed by atoms with van der Waals surface area (Å²) >= 11 is 5.94. The minimum Gasteiger partial charge on any atom is -0.497 e. The number of methoxy groups -OCH3 is 1. The molecular formula is C22H24ClF2N5O2. The summed E-state index contributed by atoms with van der Waals surface area (Å²) in [5.41, 5.74) is 6.99. The number of nitrogen functional groups attached to an aromatic ring is 1. The summed E-state index contributed by atoms with van der Waals surface area (Å²) in [4.78, 5) is 7.86. The van der Waals surface area contributed by atoms with Crippen molar-refractivity contribution in [3.8, 4) is 5.75 Å². The Bertz CT molecular complexity index is 963. The zero-order valence-corrected chi connectivity index (χ0v) is 18.1. The molecule has 0 saturated carbocycles. The molecular weight excluding hydrogens is 440 g/mol. The van der Waals surface area contributed by atoms with E-state index in [-0.39, 0.29) is 29.9 Å². The third-order valence-electron chi connectivity index (χ3n) is 4.70. The summed E-state index contributed by atoms with van der Waals surface area (Å²) in [6, 6.07) is 11.6. The first-order chi connectivity index (χ1) is 15.3. The Kier molecular flexibility index (Phi) is 8.15. The van der Waals surface area contributed by atoms with Crippen molar-refractivity contribution in [2.75, 3.05) is 24.7 Å². The molecule has 5 N–H and O–H groups in total. The SMILES string of the molecule is COc1cccc(CNCC(O)C(Cc2cc(F)cc(F)c2)Nc2cc(Cl)nc(N)n2)c1. The summed E-state index contributed by atoms with van der Waals surface area (Å²) in [5, 5.41) is 17.2. The van der Waals surface area contributed by atoms with Gasteiger partial charge in [-0.1, -0.05) is 23.7 Å². The molecule has 0 saturated heterocycles. The number of ether oxygens (including phenoxy) is 1. The van der Waals surface area contributed by atoms with Crippen LogP contribution in [-0.2, 0) is 13.0 Å². The van der Waals surface area contributed by atoms with Crippen LogP contribution in [0.25, 0.3) is 0 Å². The van der Waals surface area contributed by atoms with Crippen LogP contribution in [-0.4, -0.2) is 40.9 Å². The highest BCUT2D eigenvalue weighted by Crippen LogP contribution is 2.18. The van der Waals surface area contributed by atoms with Crippen LogP contribution in [0.15, 0.2) is 48.5 Å². The van der Waals surface area contributed by atoms with Crippen LogP contribution in [0.1, 0.15) is 11.1 Å². The Morgan fingerprint density at radius 2 is 1.84 bits per heavy atom. The molecule has 3 rings (SSSR count). The molecule has 0 aliphatic rings. The highest BCUT2D eigenvalue weighted by atomic mass is 35.5. The second kappa shape index (κ2) is 11.0. The first kappa shape index (κ1) is 23.6. The van der Waals surface area contributed by atoms with Gasteiger partial charge in [0.1, 0.15) is 28.4 Å². The largest absolute Gasteiger partial charge is 0.497 e. The summed E-state index contributed by atoms with van der Waals surface area (Å²) in [7, 11) is 1.59. The van der Waals surface area contributed by atoms with Gasteiger partial charge in [-0.2, -0.15) is 4.98 Å². The van der Waals surface area contributed by atoms with Crippen LogP contribution in [0.4, 0.5) is 20.5 Å². The van der Waals surface area contributed by atoms with Gasteiger partial charge in [0.2, 0.25) is 5.95 Å². The molecule has 0 aliphatic heterocycles. The molecule has 7 nitrogen and oxygen atoms in total. The fourth-order valence-corrected chi connectivity index (χ4v) is 3.44. The van der Waals surface area contributed by atoms with Crippen molar-refractivity contribution >= 4 is 23.4 Å². The number of nitrogens with two attached hydrogens (primary N) is 1. The van der Waals surface area contributed by atoms with Crippen molar-refractivity contribution in [1.82, 2.24) is 15.3 Å². The number of nitrogens with zero attached hydrogens (tertiary/aromatic N) is 2. The third-order valence-corrected chi connectivity index (χ3v) is 4.90. The van der Waals surface area contributed by atoms with Crippen molar-refractivity contribution in [3.63, 3.8) is 0 Å². The number of aromatic nitrogens is 2. The molecule has 32 heavy (non-hydrogen) atoms. The van der Waals surface area contributed by atoms with Gasteiger partial charge >= 0.3 is 0 Å². The number of aliphatic hydroxyl groups excluding tert-OH is 1. The smallest absolute Gasteiger partial charge is 0.223 e. The molecule has 2 aromatic carbocycles. The van der Waals surface area contributed by atoms with E-state index in [0.717, 1.165) is 17.4 Å². The first-order valence-corrected chi connectivity index (χ1v) is 10.2. The summed E-state index contributed by atoms with van der Waals surface area (Å²) < 4.78 is 32.5. The average Bonchev–Trinajstić information content (AvgIpc) is 2.72. The zero-order valence-electron chi connectivity index (χ0n) is 17.4. The van der Waals surface area contributed by atoms with Crippen molar-refractivity contribution in [2.24, 2.45) is 0 Å². The quantitative estimate of drug-likeness (QED) is 0.342. The number of rotatable bonds is 10. The molecule has 0 amide bonds. The van der Waals surface area contributed by atoms with Crippen molar-refractivity contribution in [1.29, 1.82) is 0 Å². The van der Waals surface area contributed by atoms with E-state index >= 15 is 0 Å². The fourth-order valence-electron chi connectivity index (χ4n) is 3.25. The number of hydrogen-bond donors (Lipinski definition) is 4. The third kappa shape index (κ3) is 7.01. The van der Waals surface area contributed by atoms with E-state index in [0.29, 0.717) is 12.1 Å². The molecule has 2 atom stereocenters. The fraction of sp³-hybridized carbons (Fsp3) is 0.273. The monoisotopic (exact) mass is 463 g/mol. The maximum absolute atomic E-state index is 13.7.